The number of likely N-dealkylation sites (tertiary alicyclic amines) is 1. The molecule has 11 heteroatoms. The number of nitrogens with zero attached hydrogens (tertiary/aromatic N) is 4. The van der Waals surface area contributed by atoms with Crippen molar-refractivity contribution in [1.82, 2.24) is 19.3 Å². The molecule has 4 aromatic rings. The van der Waals surface area contributed by atoms with E-state index >= 15 is 4.39 Å². The van der Waals surface area contributed by atoms with Gasteiger partial charge in [0.25, 0.3) is 0 Å². The Morgan fingerprint density at radius 2 is 1.87 bits per heavy atom. The van der Waals surface area contributed by atoms with E-state index in [-0.39, 0.29) is 17.4 Å². The van der Waals surface area contributed by atoms with Crippen LogP contribution in [0.4, 0.5) is 15.9 Å². The lowest BCUT2D eigenvalue weighted by Gasteiger charge is -2.27. The van der Waals surface area contributed by atoms with Gasteiger partial charge in [0, 0.05) is 23.0 Å². The lowest BCUT2D eigenvalue weighted by Crippen LogP contribution is -2.30. The highest BCUT2D eigenvalue weighted by molar-refractivity contribution is 7.91. The van der Waals surface area contributed by atoms with Crippen LogP contribution in [-0.2, 0) is 22.3 Å². The van der Waals surface area contributed by atoms with Crippen LogP contribution in [-0.4, -0.2) is 40.8 Å². The van der Waals surface area contributed by atoms with E-state index in [1.54, 1.807) is 36.5 Å². The van der Waals surface area contributed by atoms with Crippen molar-refractivity contribution < 1.29 is 12.8 Å². The molecule has 2 aromatic carbocycles. The lowest BCUT2D eigenvalue weighted by molar-refractivity contribution is 0.217. The molecule has 2 aromatic heterocycles. The number of nitrogen functional groups attached to an aromatic ring is 1. The second-order valence-corrected chi connectivity index (χ2v) is 12.4. The maximum atomic E-state index is 15.3. The van der Waals surface area contributed by atoms with Crippen molar-refractivity contribution in [2.75, 3.05) is 23.5 Å². The van der Waals surface area contributed by atoms with E-state index in [4.69, 9.17) is 22.3 Å². The molecule has 0 bridgehead atoms. The molecule has 1 aliphatic rings. The molecular weight excluding hydrogens is 539 g/mol. The summed E-state index contributed by atoms with van der Waals surface area (Å²) < 4.78 is 45.2. The van der Waals surface area contributed by atoms with Crippen molar-refractivity contribution in [3.8, 4) is 11.3 Å². The quantitative estimate of drug-likeness (QED) is 0.276. The molecule has 0 amide bonds. The molecule has 8 nitrogen and oxygen atoms in total. The molecule has 3 N–H and O–H groups in total. The van der Waals surface area contributed by atoms with Gasteiger partial charge in [-0.1, -0.05) is 56.1 Å². The van der Waals surface area contributed by atoms with Crippen LogP contribution in [0.5, 0.6) is 0 Å². The Kier molecular flexibility index (Phi) is 7.80. The van der Waals surface area contributed by atoms with Gasteiger partial charge >= 0.3 is 0 Å². The molecular formula is C28H32ClFN6O2S. The van der Waals surface area contributed by atoms with Gasteiger partial charge in [-0.25, -0.2) is 22.8 Å². The van der Waals surface area contributed by atoms with Crippen LogP contribution < -0.4 is 10.5 Å². The molecule has 1 aliphatic heterocycles. The minimum Gasteiger partial charge on any atom is -0.382 e. The Hall–Kier alpha value is -3.21. The number of hydrogen-bond donors (Lipinski definition) is 2. The summed E-state index contributed by atoms with van der Waals surface area (Å²) in [5.41, 5.74) is 9.23. The predicted octanol–water partition coefficient (Wildman–Crippen LogP) is 5.82. The fourth-order valence-electron chi connectivity index (χ4n) is 5.04. The van der Waals surface area contributed by atoms with Gasteiger partial charge in [0.05, 0.1) is 23.3 Å². The third kappa shape index (κ3) is 5.88. The largest absolute Gasteiger partial charge is 0.382 e. The number of hydrogen-bond acceptors (Lipinski definition) is 6. The summed E-state index contributed by atoms with van der Waals surface area (Å²) >= 11 is 6.11. The van der Waals surface area contributed by atoms with Crippen molar-refractivity contribution in [2.45, 2.75) is 51.3 Å². The summed E-state index contributed by atoms with van der Waals surface area (Å²) in [5, 5.41) is 0.331. The Morgan fingerprint density at radius 3 is 2.56 bits per heavy atom. The van der Waals surface area contributed by atoms with E-state index < -0.39 is 15.8 Å². The van der Waals surface area contributed by atoms with Gasteiger partial charge in [0.15, 0.2) is 0 Å². The van der Waals surface area contributed by atoms with Gasteiger partial charge in [0.1, 0.15) is 28.7 Å². The first-order chi connectivity index (χ1) is 18.6. The van der Waals surface area contributed by atoms with Crippen molar-refractivity contribution in [1.29, 1.82) is 0 Å². The third-order valence-electron chi connectivity index (χ3n) is 6.95. The molecule has 3 heterocycles. The Balaban J connectivity index is 1.49. The maximum absolute atomic E-state index is 15.3. The molecule has 206 valence electrons. The molecule has 0 radical (unpaired) electrons. The number of rotatable bonds is 8. The Morgan fingerprint density at radius 1 is 1.13 bits per heavy atom. The molecule has 1 saturated heterocycles. The Bertz CT molecular complexity index is 1620. The van der Waals surface area contributed by atoms with Crippen LogP contribution in [0.15, 0.2) is 48.7 Å². The minimum atomic E-state index is -3.91. The van der Waals surface area contributed by atoms with Gasteiger partial charge in [-0.2, -0.15) is 0 Å². The summed E-state index contributed by atoms with van der Waals surface area (Å²) in [6.07, 6.45) is 5.39. The molecule has 39 heavy (non-hydrogen) atoms. The smallest absolute Gasteiger partial charge is 0.237 e. The second kappa shape index (κ2) is 11.1. The van der Waals surface area contributed by atoms with Crippen LogP contribution in [0.1, 0.15) is 56.1 Å². The van der Waals surface area contributed by atoms with Crippen molar-refractivity contribution in [3.63, 3.8) is 0 Å². The monoisotopic (exact) mass is 570 g/mol. The topological polar surface area (TPSA) is 106 Å². The van der Waals surface area contributed by atoms with Crippen molar-refractivity contribution in [3.05, 3.63) is 76.6 Å². The number of halogens is 2. The highest BCUT2D eigenvalue weighted by Gasteiger charge is 2.23. The van der Waals surface area contributed by atoms with E-state index in [1.807, 2.05) is 0 Å². The van der Waals surface area contributed by atoms with Gasteiger partial charge in [-0.05, 0) is 49.7 Å². The zero-order valence-corrected chi connectivity index (χ0v) is 23.6. The van der Waals surface area contributed by atoms with Crippen molar-refractivity contribution in [2.24, 2.45) is 0 Å². The molecule has 0 saturated carbocycles. The molecule has 1 fully saturated rings. The number of nitrogens with one attached hydrogen (secondary N) is 1. The van der Waals surface area contributed by atoms with Gasteiger partial charge in [-0.15, -0.1) is 0 Å². The standard InChI is InChI=1S/C28H32ClFN6O2S/c1-18(2)28-33-25(26-27(31)32-15-21(36(26)28)16-35-12-6-3-7-13-35)19-10-11-24(23(30)14-19)34-39(37,38)17-20-8-4-5-9-22(20)29/h4-5,8-11,14-15,18,34H,3,6-7,12-13,16-17H2,1-2H3,(H2,31,32). The molecule has 0 atom stereocenters. The van der Waals surface area contributed by atoms with Crippen molar-refractivity contribution >= 4 is 38.6 Å². The average Bonchev–Trinajstić information content (AvgIpc) is 3.31. The van der Waals surface area contributed by atoms with Gasteiger partial charge < -0.3 is 5.73 Å². The number of fused-ring (bicyclic) bond motifs is 1. The van der Waals surface area contributed by atoms with Crippen LogP contribution in [0.25, 0.3) is 16.8 Å². The average molecular weight is 571 g/mol. The lowest BCUT2D eigenvalue weighted by atomic mass is 10.1. The number of piperidine rings is 1. The third-order valence-corrected chi connectivity index (χ3v) is 8.54. The molecule has 0 unspecified atom stereocenters. The van der Waals surface area contributed by atoms with Gasteiger partial charge in [-0.3, -0.25) is 14.0 Å². The Labute approximate surface area is 233 Å². The summed E-state index contributed by atoms with van der Waals surface area (Å²) in [5.74, 6) is 0.0920. The number of nitrogens with two attached hydrogens (primary N) is 1. The normalized spacial score (nSPS) is 14.8. The summed E-state index contributed by atoms with van der Waals surface area (Å²) in [6, 6.07) is 11.0. The summed E-state index contributed by atoms with van der Waals surface area (Å²) in [4.78, 5) is 11.8. The fraction of sp³-hybridized carbons (Fsp3) is 0.357. The molecule has 0 aliphatic carbocycles. The van der Waals surface area contributed by atoms with E-state index in [2.05, 4.69) is 32.9 Å². The second-order valence-electron chi connectivity index (χ2n) is 10.3. The summed E-state index contributed by atoms with van der Waals surface area (Å²) in [6.45, 7) is 6.89. The zero-order chi connectivity index (χ0) is 27.7. The number of sulfonamides is 1. The first-order valence-corrected chi connectivity index (χ1v) is 15.1. The number of anilines is 2. The van der Waals surface area contributed by atoms with E-state index in [0.29, 0.717) is 33.2 Å². The zero-order valence-electron chi connectivity index (χ0n) is 22.0. The first-order valence-electron chi connectivity index (χ1n) is 13.0. The van der Waals surface area contributed by atoms with Crippen LogP contribution in [0.3, 0.4) is 0 Å². The fourth-order valence-corrected chi connectivity index (χ4v) is 6.56. The highest BCUT2D eigenvalue weighted by atomic mass is 35.5. The number of aromatic nitrogens is 3. The van der Waals surface area contributed by atoms with E-state index in [9.17, 15) is 8.42 Å². The maximum Gasteiger partial charge on any atom is 0.237 e. The SMILES string of the molecule is CC(C)c1nc(-c2ccc(NS(=O)(=O)Cc3ccccc3Cl)c(F)c2)c2c(N)ncc(CN3CCCCC3)n12. The van der Waals surface area contributed by atoms with Crippen LogP contribution >= 0.6 is 11.6 Å². The van der Waals surface area contributed by atoms with E-state index in [0.717, 1.165) is 31.2 Å². The highest BCUT2D eigenvalue weighted by Crippen LogP contribution is 2.34. The van der Waals surface area contributed by atoms with Crippen LogP contribution in [0.2, 0.25) is 5.02 Å². The number of imidazole rings is 1. The molecule has 5 rings (SSSR count). The van der Waals surface area contributed by atoms with E-state index in [1.165, 1.54) is 31.4 Å². The molecule has 0 spiro atoms. The minimum absolute atomic E-state index is 0.0777. The number of benzene rings is 2. The predicted molar refractivity (Wildman–Crippen MR) is 154 cm³/mol. The van der Waals surface area contributed by atoms with Gasteiger partial charge in [0.2, 0.25) is 10.0 Å². The van der Waals surface area contributed by atoms with Crippen LogP contribution in [0, 0.1) is 5.82 Å². The summed E-state index contributed by atoms with van der Waals surface area (Å²) in [7, 11) is -3.91. The first kappa shape index (κ1) is 27.4.